The maximum atomic E-state index is 11.5. The van der Waals surface area contributed by atoms with E-state index in [1.807, 2.05) is 6.92 Å². The molecule has 0 heterocycles. The molecule has 0 aromatic rings. The third kappa shape index (κ3) is 3.22. The lowest BCUT2D eigenvalue weighted by Crippen LogP contribution is -2.52. The zero-order valence-electron chi connectivity index (χ0n) is 18.9. The van der Waals surface area contributed by atoms with E-state index in [2.05, 4.69) is 26.8 Å². The van der Waals surface area contributed by atoms with Gasteiger partial charge in [-0.25, -0.2) is 0 Å². The molecule has 0 aliphatic heterocycles. The van der Waals surface area contributed by atoms with Crippen molar-refractivity contribution >= 4 is 5.78 Å². The van der Waals surface area contributed by atoms with E-state index in [-0.39, 0.29) is 0 Å². The monoisotopic (exact) mass is 386 g/mol. The van der Waals surface area contributed by atoms with Gasteiger partial charge in [0.15, 0.2) is 0 Å². The Morgan fingerprint density at radius 3 is 2.61 bits per heavy atom. The third-order valence-electron chi connectivity index (χ3n) is 10.1. The molecule has 2 heteroatoms. The molecular formula is C26H42O2. The van der Waals surface area contributed by atoms with Crippen molar-refractivity contribution < 1.29 is 9.90 Å². The SMILES string of the molecule is CC(=O)CC[C@@H](C)C1CCC2C3CC=C4C[C@@](C)(O)CCC4(C)C3CCC21C. The van der Waals surface area contributed by atoms with Crippen LogP contribution in [0.15, 0.2) is 11.6 Å². The number of fused-ring (bicyclic) bond motifs is 5. The van der Waals surface area contributed by atoms with Crippen molar-refractivity contribution in [1.29, 1.82) is 0 Å². The molecule has 158 valence electrons. The van der Waals surface area contributed by atoms with Gasteiger partial charge in [0, 0.05) is 6.42 Å². The molecule has 3 saturated carbocycles. The number of Topliss-reactive ketones (excluding diaryl/α,β-unsaturated/α-hetero) is 1. The molecule has 0 aromatic carbocycles. The lowest BCUT2D eigenvalue weighted by Gasteiger charge is -2.59. The highest BCUT2D eigenvalue weighted by Crippen LogP contribution is 2.67. The zero-order chi connectivity index (χ0) is 20.3. The van der Waals surface area contributed by atoms with Crippen molar-refractivity contribution in [3.05, 3.63) is 11.6 Å². The number of rotatable bonds is 4. The Bertz CT molecular complexity index is 661. The summed E-state index contributed by atoms with van der Waals surface area (Å²) in [5.74, 6) is 4.32. The first-order chi connectivity index (χ1) is 13.1. The van der Waals surface area contributed by atoms with Crippen LogP contribution in [0.4, 0.5) is 0 Å². The molecule has 0 aromatic heterocycles. The Balaban J connectivity index is 1.55. The lowest BCUT2D eigenvalue weighted by molar-refractivity contribution is -0.117. The van der Waals surface area contributed by atoms with E-state index < -0.39 is 5.60 Å². The minimum Gasteiger partial charge on any atom is -0.390 e. The first kappa shape index (κ1) is 20.6. The van der Waals surface area contributed by atoms with Crippen LogP contribution >= 0.6 is 0 Å². The quantitative estimate of drug-likeness (QED) is 0.574. The standard InChI is InChI=1S/C26H42O2/c1-17(6-7-18(2)27)21-10-11-22-20-9-8-19-16-24(3,28)14-15-25(19,4)23(20)12-13-26(21,22)5/h8,17,20-23,28H,6-7,9-16H2,1-5H3/t17-,20?,21?,22?,23?,24+,25?,26?/m1/s1. The highest BCUT2D eigenvalue weighted by molar-refractivity contribution is 5.75. The van der Waals surface area contributed by atoms with Gasteiger partial charge in [-0.05, 0) is 112 Å². The molecule has 0 saturated heterocycles. The summed E-state index contributed by atoms with van der Waals surface area (Å²) in [6, 6.07) is 0. The van der Waals surface area contributed by atoms with Gasteiger partial charge in [0.1, 0.15) is 5.78 Å². The van der Waals surface area contributed by atoms with Crippen molar-refractivity contribution in [2.75, 3.05) is 0 Å². The fourth-order valence-corrected chi connectivity index (χ4v) is 8.41. The summed E-state index contributed by atoms with van der Waals surface area (Å²) in [6.45, 7) is 11.3. The van der Waals surface area contributed by atoms with Gasteiger partial charge in [-0.3, -0.25) is 0 Å². The van der Waals surface area contributed by atoms with Crippen LogP contribution in [0.5, 0.6) is 0 Å². The van der Waals surface area contributed by atoms with Crippen LogP contribution in [-0.4, -0.2) is 16.5 Å². The van der Waals surface area contributed by atoms with Crippen molar-refractivity contribution in [1.82, 2.24) is 0 Å². The number of carbonyl (C=O) groups is 1. The number of hydrogen-bond acceptors (Lipinski definition) is 2. The van der Waals surface area contributed by atoms with Crippen molar-refractivity contribution in [2.24, 2.45) is 40.4 Å². The maximum Gasteiger partial charge on any atom is 0.129 e. The average molecular weight is 387 g/mol. The molecule has 6 unspecified atom stereocenters. The summed E-state index contributed by atoms with van der Waals surface area (Å²) in [4.78, 5) is 11.5. The second-order valence-electron chi connectivity index (χ2n) is 11.9. The molecule has 0 bridgehead atoms. The molecule has 2 nitrogen and oxygen atoms in total. The predicted molar refractivity (Wildman–Crippen MR) is 115 cm³/mol. The van der Waals surface area contributed by atoms with E-state index in [0.717, 1.165) is 55.8 Å². The minimum absolute atomic E-state index is 0.324. The van der Waals surface area contributed by atoms with Crippen LogP contribution in [0.2, 0.25) is 0 Å². The number of carbonyl (C=O) groups excluding carboxylic acids is 1. The average Bonchev–Trinajstić information content (AvgIpc) is 2.97. The van der Waals surface area contributed by atoms with Crippen LogP contribution in [-0.2, 0) is 4.79 Å². The van der Waals surface area contributed by atoms with E-state index in [1.165, 1.54) is 32.1 Å². The van der Waals surface area contributed by atoms with Gasteiger partial charge in [-0.2, -0.15) is 0 Å². The smallest absolute Gasteiger partial charge is 0.129 e. The molecule has 8 atom stereocenters. The van der Waals surface area contributed by atoms with Gasteiger partial charge in [0.25, 0.3) is 0 Å². The van der Waals surface area contributed by atoms with E-state index in [9.17, 15) is 9.90 Å². The van der Waals surface area contributed by atoms with Crippen LogP contribution in [0.3, 0.4) is 0 Å². The van der Waals surface area contributed by atoms with Gasteiger partial charge in [-0.1, -0.05) is 32.4 Å². The topological polar surface area (TPSA) is 37.3 Å². The second-order valence-corrected chi connectivity index (χ2v) is 11.9. The summed E-state index contributed by atoms with van der Waals surface area (Å²) in [5, 5.41) is 10.6. The summed E-state index contributed by atoms with van der Waals surface area (Å²) < 4.78 is 0. The molecule has 0 radical (unpaired) electrons. The molecule has 3 fully saturated rings. The normalized spacial score (nSPS) is 48.9. The third-order valence-corrected chi connectivity index (χ3v) is 10.1. The number of aliphatic hydroxyl groups is 1. The molecule has 4 aliphatic rings. The van der Waals surface area contributed by atoms with Crippen molar-refractivity contribution in [3.63, 3.8) is 0 Å². The molecule has 4 rings (SSSR count). The van der Waals surface area contributed by atoms with Crippen LogP contribution < -0.4 is 0 Å². The van der Waals surface area contributed by atoms with Gasteiger partial charge >= 0.3 is 0 Å². The van der Waals surface area contributed by atoms with E-state index in [0.29, 0.717) is 22.5 Å². The summed E-state index contributed by atoms with van der Waals surface area (Å²) >= 11 is 0. The Hall–Kier alpha value is -0.630. The lowest BCUT2D eigenvalue weighted by atomic mass is 9.46. The number of ketones is 1. The van der Waals surface area contributed by atoms with Crippen molar-refractivity contribution in [2.45, 2.75) is 104 Å². The zero-order valence-corrected chi connectivity index (χ0v) is 18.9. The Kier molecular flexibility index (Phi) is 5.13. The van der Waals surface area contributed by atoms with E-state index in [4.69, 9.17) is 0 Å². The molecule has 0 amide bonds. The van der Waals surface area contributed by atoms with Gasteiger partial charge in [0.05, 0.1) is 5.60 Å². The first-order valence-electron chi connectivity index (χ1n) is 12.0. The maximum absolute atomic E-state index is 11.5. The molecular weight excluding hydrogens is 344 g/mol. The van der Waals surface area contributed by atoms with Crippen molar-refractivity contribution in [3.8, 4) is 0 Å². The summed E-state index contributed by atoms with van der Waals surface area (Å²) in [7, 11) is 0. The van der Waals surface area contributed by atoms with Gasteiger partial charge in [0.2, 0.25) is 0 Å². The second kappa shape index (κ2) is 6.96. The predicted octanol–water partition coefficient (Wildman–Crippen LogP) is 6.32. The highest BCUT2D eigenvalue weighted by Gasteiger charge is 2.59. The fraction of sp³-hybridized carbons (Fsp3) is 0.885. The van der Waals surface area contributed by atoms with Crippen LogP contribution in [0.25, 0.3) is 0 Å². The van der Waals surface area contributed by atoms with Gasteiger partial charge < -0.3 is 9.90 Å². The Morgan fingerprint density at radius 1 is 1.14 bits per heavy atom. The fourth-order valence-electron chi connectivity index (χ4n) is 8.41. The van der Waals surface area contributed by atoms with E-state index in [1.54, 1.807) is 12.5 Å². The first-order valence-corrected chi connectivity index (χ1v) is 12.0. The largest absolute Gasteiger partial charge is 0.390 e. The summed E-state index contributed by atoms with van der Waals surface area (Å²) in [6.07, 6.45) is 14.1. The Morgan fingerprint density at radius 2 is 1.89 bits per heavy atom. The number of allylic oxidation sites excluding steroid dienone is 1. The minimum atomic E-state index is -0.494. The van der Waals surface area contributed by atoms with Crippen LogP contribution in [0, 0.1) is 40.4 Å². The highest BCUT2D eigenvalue weighted by atomic mass is 16.3. The van der Waals surface area contributed by atoms with Crippen LogP contribution in [0.1, 0.15) is 98.8 Å². The Labute approximate surface area is 172 Å². The number of hydrogen-bond donors (Lipinski definition) is 1. The summed E-state index contributed by atoms with van der Waals surface area (Å²) in [5.41, 5.74) is 1.87. The van der Waals surface area contributed by atoms with E-state index >= 15 is 0 Å². The molecule has 28 heavy (non-hydrogen) atoms. The van der Waals surface area contributed by atoms with Gasteiger partial charge in [-0.15, -0.1) is 0 Å². The molecule has 0 spiro atoms. The molecule has 4 aliphatic carbocycles. The molecule has 1 N–H and O–H groups in total.